The number of thioether (sulfide) groups is 1. The topological polar surface area (TPSA) is 60.2 Å². The lowest BCUT2D eigenvalue weighted by Gasteiger charge is -2.18. The molecule has 1 heterocycles. The summed E-state index contributed by atoms with van der Waals surface area (Å²) >= 11 is 1.44. The van der Waals surface area contributed by atoms with Gasteiger partial charge < -0.3 is 5.32 Å². The van der Waals surface area contributed by atoms with Crippen LogP contribution in [0.5, 0.6) is 0 Å². The first kappa shape index (κ1) is 12.0. The second-order valence-electron chi connectivity index (χ2n) is 3.70. The highest BCUT2D eigenvalue weighted by Crippen LogP contribution is 2.26. The molecule has 2 N–H and O–H groups in total. The molecule has 2 rings (SSSR count). The Bertz CT molecular complexity index is 476. The van der Waals surface area contributed by atoms with Gasteiger partial charge in [-0.3, -0.25) is 5.32 Å². The Hall–Kier alpha value is -1.51. The van der Waals surface area contributed by atoms with Crippen LogP contribution in [-0.2, 0) is 13.0 Å². The Morgan fingerprint density at radius 2 is 2.47 bits per heavy atom. The molecule has 0 aromatic heterocycles. The third kappa shape index (κ3) is 2.78. The molecular weight excluding hydrogens is 232 g/mol. The van der Waals surface area contributed by atoms with Gasteiger partial charge in [-0.05, 0) is 36.4 Å². The molecule has 0 unspecified atom stereocenters. The van der Waals surface area contributed by atoms with Crippen LogP contribution in [0.3, 0.4) is 0 Å². The van der Waals surface area contributed by atoms with Crippen LogP contribution in [-0.4, -0.2) is 18.0 Å². The highest BCUT2D eigenvalue weighted by molar-refractivity contribution is 8.13. The number of aliphatic imine (C=N–C) groups is 1. The number of hydrogen-bond acceptors (Lipinski definition) is 4. The van der Waals surface area contributed by atoms with E-state index in [2.05, 4.69) is 21.7 Å². The molecule has 1 aliphatic rings. The predicted molar refractivity (Wildman–Crippen MR) is 71.2 cm³/mol. The standard InChI is InChI=1S/C12H14N4S/c1-17-12(15-8-13)16-11-4-2-3-9-5-6-14-7-10(9)11/h2-4,14H,5-7H2,1H3,(H,15,16). The van der Waals surface area contributed by atoms with E-state index in [9.17, 15) is 0 Å². The number of rotatable bonds is 1. The zero-order valence-electron chi connectivity index (χ0n) is 9.66. The monoisotopic (exact) mass is 246 g/mol. The molecule has 0 spiro atoms. The summed E-state index contributed by atoms with van der Waals surface area (Å²) in [7, 11) is 0. The summed E-state index contributed by atoms with van der Waals surface area (Å²) in [5.74, 6) is 0. The van der Waals surface area contributed by atoms with Gasteiger partial charge in [0, 0.05) is 6.54 Å². The Morgan fingerprint density at radius 1 is 1.59 bits per heavy atom. The minimum absolute atomic E-state index is 0.631. The van der Waals surface area contributed by atoms with Crippen LogP contribution < -0.4 is 10.6 Å². The minimum Gasteiger partial charge on any atom is -0.312 e. The van der Waals surface area contributed by atoms with Crippen molar-refractivity contribution in [3.63, 3.8) is 0 Å². The van der Waals surface area contributed by atoms with E-state index in [0.29, 0.717) is 5.17 Å². The highest BCUT2D eigenvalue weighted by atomic mass is 32.2. The molecule has 0 saturated carbocycles. The summed E-state index contributed by atoms with van der Waals surface area (Å²) < 4.78 is 0. The molecule has 0 amide bonds. The molecule has 0 atom stereocenters. The van der Waals surface area contributed by atoms with Gasteiger partial charge in [0.2, 0.25) is 0 Å². The van der Waals surface area contributed by atoms with E-state index in [1.807, 2.05) is 24.6 Å². The highest BCUT2D eigenvalue weighted by Gasteiger charge is 2.12. The first-order valence-corrected chi connectivity index (χ1v) is 6.67. The Labute approximate surface area is 105 Å². The number of nitrogens with one attached hydrogen (secondary N) is 2. The lowest BCUT2D eigenvalue weighted by atomic mass is 9.99. The molecule has 1 aromatic carbocycles. The molecule has 5 heteroatoms. The summed E-state index contributed by atoms with van der Waals surface area (Å²) in [6, 6.07) is 6.15. The van der Waals surface area contributed by atoms with Crippen molar-refractivity contribution in [1.82, 2.24) is 10.6 Å². The van der Waals surface area contributed by atoms with E-state index >= 15 is 0 Å². The van der Waals surface area contributed by atoms with E-state index in [4.69, 9.17) is 5.26 Å². The Balaban J connectivity index is 2.35. The predicted octanol–water partition coefficient (Wildman–Crippen LogP) is 1.75. The third-order valence-corrected chi connectivity index (χ3v) is 3.28. The quantitative estimate of drug-likeness (QED) is 0.343. The number of benzene rings is 1. The SMILES string of the molecule is CSC(=Nc1cccc2c1CNCC2)NC#N. The lowest BCUT2D eigenvalue weighted by molar-refractivity contribution is 0.644. The Morgan fingerprint density at radius 3 is 3.24 bits per heavy atom. The maximum Gasteiger partial charge on any atom is 0.183 e. The van der Waals surface area contributed by atoms with Crippen molar-refractivity contribution in [3.05, 3.63) is 29.3 Å². The normalized spacial score (nSPS) is 14.9. The van der Waals surface area contributed by atoms with Gasteiger partial charge in [-0.2, -0.15) is 5.26 Å². The zero-order valence-corrected chi connectivity index (χ0v) is 10.5. The van der Waals surface area contributed by atoms with Crippen LogP contribution in [0.4, 0.5) is 5.69 Å². The number of nitriles is 1. The maximum absolute atomic E-state index is 8.62. The van der Waals surface area contributed by atoms with Crippen LogP contribution >= 0.6 is 11.8 Å². The molecule has 0 aliphatic carbocycles. The van der Waals surface area contributed by atoms with Gasteiger partial charge in [0.1, 0.15) is 0 Å². The van der Waals surface area contributed by atoms with Crippen LogP contribution in [0, 0.1) is 11.5 Å². The van der Waals surface area contributed by atoms with E-state index in [1.165, 1.54) is 22.9 Å². The molecule has 0 fully saturated rings. The maximum atomic E-state index is 8.62. The first-order valence-electron chi connectivity index (χ1n) is 5.44. The minimum atomic E-state index is 0.631. The van der Waals surface area contributed by atoms with Gasteiger partial charge in [-0.25, -0.2) is 4.99 Å². The van der Waals surface area contributed by atoms with Gasteiger partial charge in [-0.15, -0.1) is 0 Å². The fraction of sp³-hybridized carbons (Fsp3) is 0.333. The molecule has 0 radical (unpaired) electrons. The van der Waals surface area contributed by atoms with Gasteiger partial charge in [0.05, 0.1) is 5.69 Å². The number of amidine groups is 1. The average molecular weight is 246 g/mol. The molecule has 17 heavy (non-hydrogen) atoms. The smallest absolute Gasteiger partial charge is 0.183 e. The average Bonchev–Trinajstić information content (AvgIpc) is 2.38. The van der Waals surface area contributed by atoms with Crippen molar-refractivity contribution in [2.75, 3.05) is 12.8 Å². The summed E-state index contributed by atoms with van der Waals surface area (Å²) in [6.45, 7) is 1.87. The van der Waals surface area contributed by atoms with E-state index in [0.717, 1.165) is 25.2 Å². The third-order valence-electron chi connectivity index (χ3n) is 2.70. The fourth-order valence-electron chi connectivity index (χ4n) is 1.88. The molecule has 88 valence electrons. The molecule has 1 aliphatic heterocycles. The van der Waals surface area contributed by atoms with Crippen molar-refractivity contribution in [3.8, 4) is 6.19 Å². The Kier molecular flexibility index (Phi) is 4.02. The summed E-state index contributed by atoms with van der Waals surface area (Å²) in [6.07, 6.45) is 4.84. The fourth-order valence-corrected chi connectivity index (χ4v) is 2.22. The van der Waals surface area contributed by atoms with Crippen molar-refractivity contribution in [1.29, 1.82) is 5.26 Å². The second kappa shape index (κ2) is 5.71. The molecule has 4 nitrogen and oxygen atoms in total. The van der Waals surface area contributed by atoms with Crippen molar-refractivity contribution in [2.45, 2.75) is 13.0 Å². The van der Waals surface area contributed by atoms with E-state index in [1.54, 1.807) is 0 Å². The lowest BCUT2D eigenvalue weighted by Crippen LogP contribution is -2.23. The second-order valence-corrected chi connectivity index (χ2v) is 4.49. The number of hydrogen-bond donors (Lipinski definition) is 2. The molecule has 1 aromatic rings. The number of nitrogens with zero attached hydrogens (tertiary/aromatic N) is 2. The van der Waals surface area contributed by atoms with Crippen LogP contribution in [0.25, 0.3) is 0 Å². The summed E-state index contributed by atoms with van der Waals surface area (Å²) in [5.41, 5.74) is 3.54. The largest absolute Gasteiger partial charge is 0.312 e. The zero-order chi connectivity index (χ0) is 12.1. The van der Waals surface area contributed by atoms with Crippen LogP contribution in [0.1, 0.15) is 11.1 Å². The summed E-state index contributed by atoms with van der Waals surface area (Å²) in [5, 5.41) is 15.2. The van der Waals surface area contributed by atoms with Gasteiger partial charge in [0.15, 0.2) is 11.4 Å². The molecular formula is C12H14N4S. The van der Waals surface area contributed by atoms with Crippen molar-refractivity contribution >= 4 is 22.6 Å². The van der Waals surface area contributed by atoms with Gasteiger partial charge in [-0.1, -0.05) is 23.9 Å². The number of fused-ring (bicyclic) bond motifs is 1. The van der Waals surface area contributed by atoms with Crippen molar-refractivity contribution in [2.24, 2.45) is 4.99 Å². The van der Waals surface area contributed by atoms with Gasteiger partial charge >= 0.3 is 0 Å². The van der Waals surface area contributed by atoms with Gasteiger partial charge in [0.25, 0.3) is 0 Å². The van der Waals surface area contributed by atoms with E-state index < -0.39 is 0 Å². The first-order chi connectivity index (χ1) is 8.35. The molecule has 0 saturated heterocycles. The van der Waals surface area contributed by atoms with Crippen LogP contribution in [0.2, 0.25) is 0 Å². The van der Waals surface area contributed by atoms with Crippen LogP contribution in [0.15, 0.2) is 23.2 Å². The molecule has 0 bridgehead atoms. The van der Waals surface area contributed by atoms with E-state index in [-0.39, 0.29) is 0 Å². The summed E-state index contributed by atoms with van der Waals surface area (Å²) in [4.78, 5) is 4.49. The van der Waals surface area contributed by atoms with Crippen molar-refractivity contribution < 1.29 is 0 Å².